The highest BCUT2D eigenvalue weighted by Crippen LogP contribution is 2.50. The molecule has 4 nitrogen and oxygen atoms in total. The molecule has 11 heavy (non-hydrogen) atoms. The summed E-state index contributed by atoms with van der Waals surface area (Å²) in [5.74, 6) is 0.765. The van der Waals surface area contributed by atoms with E-state index in [0.29, 0.717) is 0 Å². The molecule has 0 saturated carbocycles. The Balaban J connectivity index is -0.000000320. The van der Waals surface area contributed by atoms with Gasteiger partial charge in [-0.3, -0.25) is 0 Å². The molecule has 0 saturated heterocycles. The molecule has 7 heteroatoms. The van der Waals surface area contributed by atoms with Crippen molar-refractivity contribution in [3.05, 3.63) is 0 Å². The van der Waals surface area contributed by atoms with E-state index in [-0.39, 0.29) is 12.3 Å². The summed E-state index contributed by atoms with van der Waals surface area (Å²) < 4.78 is 0. The first-order valence-electron chi connectivity index (χ1n) is 2.76. The molecular formula is C4H17N2O2PS2. The Morgan fingerprint density at radius 3 is 2.09 bits per heavy atom. The lowest BCUT2D eigenvalue weighted by Gasteiger charge is -2.03. The van der Waals surface area contributed by atoms with E-state index in [2.05, 4.69) is 18.7 Å². The van der Waals surface area contributed by atoms with Crippen molar-refractivity contribution < 1.29 is 9.79 Å². The zero-order valence-corrected chi connectivity index (χ0v) is 9.22. The van der Waals surface area contributed by atoms with E-state index in [1.807, 2.05) is 0 Å². The van der Waals surface area contributed by atoms with Crippen molar-refractivity contribution in [2.24, 2.45) is 0 Å². The lowest BCUT2D eigenvalue weighted by molar-refractivity contribution is 0.502. The summed E-state index contributed by atoms with van der Waals surface area (Å²) in [5.41, 5.74) is -2.95. The van der Waals surface area contributed by atoms with Gasteiger partial charge in [-0.15, -0.1) is 0 Å². The van der Waals surface area contributed by atoms with E-state index in [0.717, 1.165) is 30.0 Å². The summed E-state index contributed by atoms with van der Waals surface area (Å²) in [6, 6.07) is 0. The van der Waals surface area contributed by atoms with E-state index in [4.69, 9.17) is 9.79 Å². The molecule has 72 valence electrons. The SMILES string of the molecule is CCCCSP(O)(O)=S.N.N. The maximum atomic E-state index is 8.69. The van der Waals surface area contributed by atoms with Gasteiger partial charge >= 0.3 is 0 Å². The molecule has 0 atom stereocenters. The number of hydrogen-bond acceptors (Lipinski definition) is 4. The van der Waals surface area contributed by atoms with Gasteiger partial charge in [-0.1, -0.05) is 24.7 Å². The van der Waals surface area contributed by atoms with E-state index >= 15 is 0 Å². The van der Waals surface area contributed by atoms with Crippen LogP contribution in [0.3, 0.4) is 0 Å². The fourth-order valence-electron chi connectivity index (χ4n) is 0.328. The van der Waals surface area contributed by atoms with E-state index in [1.54, 1.807) is 0 Å². The Morgan fingerprint density at radius 1 is 1.36 bits per heavy atom. The van der Waals surface area contributed by atoms with Crippen LogP contribution in [-0.4, -0.2) is 15.5 Å². The lowest BCUT2D eigenvalue weighted by Crippen LogP contribution is -1.76. The van der Waals surface area contributed by atoms with Crippen LogP contribution in [0.2, 0.25) is 0 Å². The maximum absolute atomic E-state index is 8.69. The van der Waals surface area contributed by atoms with Crippen molar-refractivity contribution in [2.75, 3.05) is 5.75 Å². The van der Waals surface area contributed by atoms with Gasteiger partial charge in [-0.2, -0.15) is 0 Å². The van der Waals surface area contributed by atoms with Crippen molar-refractivity contribution in [3.8, 4) is 0 Å². The third-order valence-corrected chi connectivity index (χ3v) is 4.07. The molecule has 0 fully saturated rings. The second kappa shape index (κ2) is 8.93. The normalized spacial score (nSPS) is 9.73. The van der Waals surface area contributed by atoms with Gasteiger partial charge in [-0.25, -0.2) is 0 Å². The minimum atomic E-state index is -2.95. The minimum absolute atomic E-state index is 0. The molecule has 0 aromatic rings. The monoisotopic (exact) mass is 220 g/mol. The standard InChI is InChI=1S/C4H11O2PS2.2H3N/c1-2-3-4-9-7(5,6)8;;/h2-4H2,1H3,(H2,5,6,8);2*1H3. The molecule has 0 aliphatic heterocycles. The predicted molar refractivity (Wildman–Crippen MR) is 56.1 cm³/mol. The van der Waals surface area contributed by atoms with E-state index in [1.165, 1.54) is 0 Å². The quantitative estimate of drug-likeness (QED) is 0.426. The highest BCUT2D eigenvalue weighted by molar-refractivity contribution is 8.67. The molecule has 0 aromatic carbocycles. The van der Waals surface area contributed by atoms with Gasteiger partial charge in [0.05, 0.1) is 0 Å². The second-order valence-corrected chi connectivity index (χ2v) is 7.85. The molecule has 0 spiro atoms. The third-order valence-electron chi connectivity index (χ3n) is 0.757. The van der Waals surface area contributed by atoms with Crippen LogP contribution in [0.1, 0.15) is 19.8 Å². The fourth-order valence-corrected chi connectivity index (χ4v) is 2.76. The molecule has 0 amide bonds. The highest BCUT2D eigenvalue weighted by atomic mass is 32.9. The average Bonchev–Trinajstić information content (AvgIpc) is 1.63. The Labute approximate surface area is 76.9 Å². The molecule has 0 bridgehead atoms. The van der Waals surface area contributed by atoms with Crippen LogP contribution in [0.25, 0.3) is 0 Å². The van der Waals surface area contributed by atoms with Crippen LogP contribution >= 0.6 is 17.1 Å². The Morgan fingerprint density at radius 2 is 1.82 bits per heavy atom. The van der Waals surface area contributed by atoms with Crippen LogP contribution in [0.4, 0.5) is 0 Å². The molecule has 8 N–H and O–H groups in total. The molecule has 0 aromatic heterocycles. The Hall–Kier alpha value is 0.840. The summed E-state index contributed by atoms with van der Waals surface area (Å²) in [4.78, 5) is 17.4. The summed E-state index contributed by atoms with van der Waals surface area (Å²) >= 11 is 5.48. The molecule has 0 radical (unpaired) electrons. The smallest absolute Gasteiger partial charge is 0.242 e. The van der Waals surface area contributed by atoms with Gasteiger partial charge < -0.3 is 22.1 Å². The van der Waals surface area contributed by atoms with E-state index < -0.39 is 5.69 Å². The van der Waals surface area contributed by atoms with Crippen molar-refractivity contribution in [1.29, 1.82) is 0 Å². The summed E-state index contributed by atoms with van der Waals surface area (Å²) in [5, 5.41) is 0. The molecular weight excluding hydrogens is 203 g/mol. The van der Waals surface area contributed by atoms with Gasteiger partial charge in [0.2, 0.25) is 5.69 Å². The first-order chi connectivity index (χ1) is 4.06. The summed E-state index contributed by atoms with van der Waals surface area (Å²) in [7, 11) is 0. The largest absolute Gasteiger partial charge is 0.344 e. The van der Waals surface area contributed by atoms with Gasteiger partial charge in [0.25, 0.3) is 0 Å². The van der Waals surface area contributed by atoms with Crippen LogP contribution in [0, 0.1) is 0 Å². The number of unbranched alkanes of at least 4 members (excludes halogenated alkanes) is 1. The zero-order chi connectivity index (χ0) is 7.33. The zero-order valence-electron chi connectivity index (χ0n) is 6.69. The van der Waals surface area contributed by atoms with Crippen LogP contribution < -0.4 is 12.3 Å². The molecule has 0 aliphatic carbocycles. The number of rotatable bonds is 4. The van der Waals surface area contributed by atoms with E-state index in [9.17, 15) is 0 Å². The van der Waals surface area contributed by atoms with Crippen LogP contribution in [0.5, 0.6) is 0 Å². The van der Waals surface area contributed by atoms with Crippen LogP contribution in [0.15, 0.2) is 0 Å². The summed E-state index contributed by atoms with van der Waals surface area (Å²) in [6.07, 6.45) is 2.08. The molecule has 0 unspecified atom stereocenters. The highest BCUT2D eigenvalue weighted by Gasteiger charge is 2.05. The maximum Gasteiger partial charge on any atom is 0.242 e. The van der Waals surface area contributed by atoms with Crippen molar-refractivity contribution in [1.82, 2.24) is 12.3 Å². The van der Waals surface area contributed by atoms with Crippen molar-refractivity contribution in [3.63, 3.8) is 0 Å². The molecule has 0 rings (SSSR count). The van der Waals surface area contributed by atoms with Crippen molar-refractivity contribution >= 4 is 28.9 Å². The van der Waals surface area contributed by atoms with Gasteiger partial charge in [-0.05, 0) is 18.2 Å². The minimum Gasteiger partial charge on any atom is -0.344 e. The average molecular weight is 220 g/mol. The topological polar surface area (TPSA) is 110 Å². The Kier molecular flexibility index (Phi) is 14.5. The third kappa shape index (κ3) is 18.1. The first kappa shape index (κ1) is 17.8. The lowest BCUT2D eigenvalue weighted by atomic mass is 10.4. The van der Waals surface area contributed by atoms with Gasteiger partial charge in [0.1, 0.15) is 0 Å². The molecule has 0 aliphatic rings. The predicted octanol–water partition coefficient (Wildman–Crippen LogP) is 2.05. The molecule has 0 heterocycles. The van der Waals surface area contributed by atoms with Crippen LogP contribution in [-0.2, 0) is 11.8 Å². The van der Waals surface area contributed by atoms with Gasteiger partial charge in [0.15, 0.2) is 0 Å². The second-order valence-electron chi connectivity index (χ2n) is 1.68. The Bertz CT molecular complexity index is 119. The summed E-state index contributed by atoms with van der Waals surface area (Å²) in [6.45, 7) is 2.05. The van der Waals surface area contributed by atoms with Crippen molar-refractivity contribution in [2.45, 2.75) is 19.8 Å². The first-order valence-corrected chi connectivity index (χ1v) is 7.06. The number of hydrogen-bond donors (Lipinski definition) is 4. The fraction of sp³-hybridized carbons (Fsp3) is 1.00. The van der Waals surface area contributed by atoms with Gasteiger partial charge in [0, 0.05) is 5.75 Å².